The molecule has 0 radical (unpaired) electrons. The molecule has 0 aliphatic heterocycles. The number of hydrogen-bond acceptors (Lipinski definition) is 3. The molecule has 5 nitrogen and oxygen atoms in total. The minimum absolute atomic E-state index is 0.290. The number of hydrogen-bond donors (Lipinski definition) is 1. The predicted molar refractivity (Wildman–Crippen MR) is 104 cm³/mol. The number of aromatic nitrogens is 1. The average Bonchev–Trinajstić information content (AvgIpc) is 3.12. The number of anilines is 1. The summed E-state index contributed by atoms with van der Waals surface area (Å²) in [6, 6.07) is 12.9. The lowest BCUT2D eigenvalue weighted by Gasteiger charge is -2.18. The van der Waals surface area contributed by atoms with Crippen LogP contribution in [0.4, 0.5) is 5.69 Å². The lowest BCUT2D eigenvalue weighted by atomic mass is 10.1. The highest BCUT2D eigenvalue weighted by Gasteiger charge is 2.23. The zero-order chi connectivity index (χ0) is 18.9. The van der Waals surface area contributed by atoms with Crippen molar-refractivity contribution in [2.75, 3.05) is 11.8 Å². The molecule has 26 heavy (non-hydrogen) atoms. The highest BCUT2D eigenvalue weighted by Crippen LogP contribution is 2.32. The summed E-state index contributed by atoms with van der Waals surface area (Å²) in [5.41, 5.74) is 3.44. The van der Waals surface area contributed by atoms with E-state index in [1.165, 1.54) is 0 Å². The SMILES string of the molecule is COc1cc(C)c(S(=O)(=O)Nc2ccccc2-n2cccc2)c(C)c1C. The van der Waals surface area contributed by atoms with Crippen LogP contribution in [0.2, 0.25) is 0 Å². The number of benzene rings is 2. The van der Waals surface area contributed by atoms with E-state index in [1.54, 1.807) is 33.1 Å². The Labute approximate surface area is 154 Å². The van der Waals surface area contributed by atoms with Crippen molar-refractivity contribution in [1.82, 2.24) is 4.57 Å². The van der Waals surface area contributed by atoms with Gasteiger partial charge in [0.25, 0.3) is 10.0 Å². The van der Waals surface area contributed by atoms with Gasteiger partial charge < -0.3 is 9.30 Å². The number of sulfonamides is 1. The third kappa shape index (κ3) is 3.20. The Bertz CT molecular complexity index is 1040. The van der Waals surface area contributed by atoms with Gasteiger partial charge in [0.1, 0.15) is 5.75 Å². The van der Waals surface area contributed by atoms with Gasteiger partial charge in [-0.15, -0.1) is 0 Å². The second-order valence-electron chi connectivity index (χ2n) is 6.19. The molecule has 1 heterocycles. The monoisotopic (exact) mass is 370 g/mol. The number of nitrogens with one attached hydrogen (secondary N) is 1. The first-order valence-corrected chi connectivity index (χ1v) is 9.73. The fourth-order valence-electron chi connectivity index (χ4n) is 3.12. The van der Waals surface area contributed by atoms with Crippen molar-refractivity contribution >= 4 is 15.7 Å². The molecule has 0 unspecified atom stereocenters. The van der Waals surface area contributed by atoms with Crippen molar-refractivity contribution in [2.24, 2.45) is 0 Å². The van der Waals surface area contributed by atoms with E-state index in [0.29, 0.717) is 22.6 Å². The summed E-state index contributed by atoms with van der Waals surface area (Å²) in [7, 11) is -2.17. The summed E-state index contributed by atoms with van der Waals surface area (Å²) in [5, 5.41) is 0. The highest BCUT2D eigenvalue weighted by atomic mass is 32.2. The maximum atomic E-state index is 13.2. The van der Waals surface area contributed by atoms with Crippen molar-refractivity contribution < 1.29 is 13.2 Å². The second-order valence-corrected chi connectivity index (χ2v) is 7.81. The Kier molecular flexibility index (Phi) is 4.78. The minimum Gasteiger partial charge on any atom is -0.496 e. The normalized spacial score (nSPS) is 11.4. The Morgan fingerprint density at radius 2 is 1.62 bits per heavy atom. The molecule has 0 amide bonds. The Hall–Kier alpha value is -2.73. The molecule has 2 aromatic carbocycles. The Morgan fingerprint density at radius 3 is 2.27 bits per heavy atom. The topological polar surface area (TPSA) is 60.3 Å². The first kappa shape index (κ1) is 18.1. The van der Waals surface area contributed by atoms with Crippen LogP contribution in [0.1, 0.15) is 16.7 Å². The van der Waals surface area contributed by atoms with Crippen LogP contribution in [-0.2, 0) is 10.0 Å². The molecule has 0 aliphatic carbocycles. The zero-order valence-electron chi connectivity index (χ0n) is 15.3. The molecule has 0 atom stereocenters. The average molecular weight is 370 g/mol. The molecule has 136 valence electrons. The van der Waals surface area contributed by atoms with E-state index in [1.807, 2.05) is 54.2 Å². The smallest absolute Gasteiger partial charge is 0.262 e. The highest BCUT2D eigenvalue weighted by molar-refractivity contribution is 7.92. The number of para-hydroxylation sites is 2. The third-order valence-corrected chi connectivity index (χ3v) is 6.15. The largest absolute Gasteiger partial charge is 0.496 e. The van der Waals surface area contributed by atoms with E-state index in [4.69, 9.17) is 4.74 Å². The molecule has 0 fully saturated rings. The van der Waals surface area contributed by atoms with Crippen molar-refractivity contribution in [2.45, 2.75) is 25.7 Å². The van der Waals surface area contributed by atoms with Crippen LogP contribution < -0.4 is 9.46 Å². The van der Waals surface area contributed by atoms with Crippen LogP contribution in [-0.4, -0.2) is 20.1 Å². The van der Waals surface area contributed by atoms with Crippen molar-refractivity contribution in [1.29, 1.82) is 0 Å². The van der Waals surface area contributed by atoms with Gasteiger partial charge in [0.15, 0.2) is 0 Å². The first-order chi connectivity index (χ1) is 12.3. The molecule has 0 bridgehead atoms. The molecule has 6 heteroatoms. The van der Waals surface area contributed by atoms with Gasteiger partial charge in [0.05, 0.1) is 23.4 Å². The molecule has 3 rings (SSSR count). The van der Waals surface area contributed by atoms with Gasteiger partial charge >= 0.3 is 0 Å². The molecule has 1 aromatic heterocycles. The van der Waals surface area contributed by atoms with E-state index in [9.17, 15) is 8.42 Å². The molecular formula is C20H22N2O3S. The summed E-state index contributed by atoms with van der Waals surface area (Å²) in [6.07, 6.45) is 3.75. The van der Waals surface area contributed by atoms with Crippen molar-refractivity contribution in [3.05, 3.63) is 71.5 Å². The maximum Gasteiger partial charge on any atom is 0.262 e. The fourth-order valence-corrected chi connectivity index (χ4v) is 4.73. The molecular weight excluding hydrogens is 348 g/mol. The quantitative estimate of drug-likeness (QED) is 0.732. The van der Waals surface area contributed by atoms with Gasteiger partial charge in [0, 0.05) is 12.4 Å². The summed E-state index contributed by atoms with van der Waals surface area (Å²) >= 11 is 0. The van der Waals surface area contributed by atoms with Crippen molar-refractivity contribution in [3.8, 4) is 11.4 Å². The van der Waals surface area contributed by atoms with E-state index >= 15 is 0 Å². The van der Waals surface area contributed by atoms with E-state index < -0.39 is 10.0 Å². The fraction of sp³-hybridized carbons (Fsp3) is 0.200. The number of rotatable bonds is 5. The van der Waals surface area contributed by atoms with Gasteiger partial charge in [-0.3, -0.25) is 4.72 Å². The predicted octanol–water partition coefficient (Wildman–Crippen LogP) is 4.21. The van der Waals surface area contributed by atoms with Gasteiger partial charge in [-0.2, -0.15) is 0 Å². The number of ether oxygens (including phenoxy) is 1. The first-order valence-electron chi connectivity index (χ1n) is 8.25. The van der Waals surface area contributed by atoms with Gasteiger partial charge in [-0.25, -0.2) is 8.42 Å². The Balaban J connectivity index is 2.09. The van der Waals surface area contributed by atoms with Crippen LogP contribution in [0.5, 0.6) is 5.75 Å². The standard InChI is InChI=1S/C20H22N2O3S/c1-14-13-19(25-4)15(2)16(3)20(14)26(23,24)21-17-9-5-6-10-18(17)22-11-7-8-12-22/h5-13,21H,1-4H3. The zero-order valence-corrected chi connectivity index (χ0v) is 16.1. The molecule has 0 spiro atoms. The lowest BCUT2D eigenvalue weighted by Crippen LogP contribution is -2.17. The maximum absolute atomic E-state index is 13.2. The van der Waals surface area contributed by atoms with Crippen LogP contribution in [0.3, 0.4) is 0 Å². The van der Waals surface area contributed by atoms with Gasteiger partial charge in [-0.05, 0) is 67.8 Å². The van der Waals surface area contributed by atoms with Crippen LogP contribution in [0.15, 0.2) is 59.8 Å². The summed E-state index contributed by atoms with van der Waals surface area (Å²) in [4.78, 5) is 0.290. The molecule has 0 aliphatic rings. The number of methoxy groups -OCH3 is 1. The van der Waals surface area contributed by atoms with Crippen LogP contribution >= 0.6 is 0 Å². The number of nitrogens with zero attached hydrogens (tertiary/aromatic N) is 1. The Morgan fingerprint density at radius 1 is 0.962 bits per heavy atom. The molecule has 0 saturated heterocycles. The van der Waals surface area contributed by atoms with Crippen molar-refractivity contribution in [3.63, 3.8) is 0 Å². The van der Waals surface area contributed by atoms with E-state index in [-0.39, 0.29) is 4.90 Å². The van der Waals surface area contributed by atoms with Crippen LogP contribution in [0.25, 0.3) is 5.69 Å². The minimum atomic E-state index is -3.75. The van der Waals surface area contributed by atoms with Gasteiger partial charge in [-0.1, -0.05) is 12.1 Å². The third-order valence-electron chi connectivity index (χ3n) is 4.50. The molecule has 3 aromatic rings. The van der Waals surface area contributed by atoms with Gasteiger partial charge in [0.2, 0.25) is 0 Å². The summed E-state index contributed by atoms with van der Waals surface area (Å²) in [6.45, 7) is 5.44. The second kappa shape index (κ2) is 6.88. The molecule has 0 saturated carbocycles. The lowest BCUT2D eigenvalue weighted by molar-refractivity contribution is 0.410. The molecule has 1 N–H and O–H groups in total. The van der Waals surface area contributed by atoms with E-state index in [0.717, 1.165) is 11.3 Å². The number of aryl methyl sites for hydroxylation is 1. The van der Waals surface area contributed by atoms with E-state index in [2.05, 4.69) is 4.72 Å². The van der Waals surface area contributed by atoms with Crippen LogP contribution in [0, 0.1) is 20.8 Å². The summed E-state index contributed by atoms with van der Waals surface area (Å²) < 4.78 is 36.3. The summed E-state index contributed by atoms with van der Waals surface area (Å²) in [5.74, 6) is 0.687.